The van der Waals surface area contributed by atoms with Crippen molar-refractivity contribution in [2.24, 2.45) is 0 Å². The molecule has 0 aromatic carbocycles. The summed E-state index contributed by atoms with van der Waals surface area (Å²) in [5.41, 5.74) is 0. The molecule has 18 heavy (non-hydrogen) atoms. The van der Waals surface area contributed by atoms with Crippen LogP contribution in [0.3, 0.4) is 0 Å². The Morgan fingerprint density at radius 2 is 1.94 bits per heavy atom. The minimum Gasteiger partial charge on any atom is -0.338 e. The molecule has 1 heterocycles. The molecule has 0 aliphatic rings. The van der Waals surface area contributed by atoms with E-state index in [0.717, 1.165) is 0 Å². The molecule has 0 saturated carbocycles. The zero-order valence-corrected chi connectivity index (χ0v) is 11.3. The highest BCUT2D eigenvalue weighted by Gasteiger charge is 2.26. The van der Waals surface area contributed by atoms with Crippen LogP contribution in [0.5, 0.6) is 0 Å². The molecule has 0 saturated heterocycles. The van der Waals surface area contributed by atoms with Crippen LogP contribution in [0.25, 0.3) is 0 Å². The molecule has 0 fully saturated rings. The van der Waals surface area contributed by atoms with Crippen molar-refractivity contribution >= 4 is 11.8 Å². The summed E-state index contributed by atoms with van der Waals surface area (Å²) < 4.78 is 40.6. The minimum atomic E-state index is -4.23. The molecule has 1 N–H and O–H groups in total. The van der Waals surface area contributed by atoms with Crippen LogP contribution in [0.2, 0.25) is 0 Å². The molecule has 1 aromatic rings. The van der Waals surface area contributed by atoms with E-state index in [9.17, 15) is 13.2 Å². The summed E-state index contributed by atoms with van der Waals surface area (Å²) in [6.45, 7) is 5.03. The highest BCUT2D eigenvalue weighted by molar-refractivity contribution is 7.99. The molecule has 0 amide bonds. The molecule has 4 nitrogen and oxygen atoms in total. The molecule has 0 aliphatic carbocycles. The van der Waals surface area contributed by atoms with Gasteiger partial charge >= 0.3 is 6.18 Å². The number of hydrogen-bond donors (Lipinski definition) is 1. The van der Waals surface area contributed by atoms with Crippen LogP contribution in [0.1, 0.15) is 32.5 Å². The van der Waals surface area contributed by atoms with Crippen LogP contribution in [0, 0.1) is 0 Å². The Bertz CT molecular complexity index is 373. The Kier molecular flexibility index (Phi) is 5.03. The van der Waals surface area contributed by atoms with Crippen LogP contribution in [-0.4, -0.2) is 27.6 Å². The van der Waals surface area contributed by atoms with Crippen molar-refractivity contribution in [2.75, 3.05) is 6.54 Å². The van der Waals surface area contributed by atoms with Gasteiger partial charge in [0.25, 0.3) is 0 Å². The Balaban J connectivity index is 2.35. The fraction of sp³-hybridized carbons (Fsp3) is 0.800. The summed E-state index contributed by atoms with van der Waals surface area (Å²) in [5, 5.41) is 5.91. The number of rotatable bonds is 5. The Hall–Kier alpha value is -0.760. The predicted molar refractivity (Wildman–Crippen MR) is 63.1 cm³/mol. The average molecular weight is 283 g/mol. The van der Waals surface area contributed by atoms with Crippen molar-refractivity contribution < 1.29 is 17.7 Å². The normalized spacial score (nSPS) is 13.0. The van der Waals surface area contributed by atoms with Crippen molar-refractivity contribution in [1.29, 1.82) is 0 Å². The Morgan fingerprint density at radius 3 is 2.50 bits per heavy atom. The van der Waals surface area contributed by atoms with E-state index in [1.807, 2.05) is 0 Å². The second-order valence-electron chi connectivity index (χ2n) is 4.72. The minimum absolute atomic E-state index is 0.0767. The molecular weight excluding hydrogens is 267 g/mol. The van der Waals surface area contributed by atoms with E-state index < -0.39 is 12.7 Å². The Morgan fingerprint density at radius 1 is 1.28 bits per heavy atom. The van der Waals surface area contributed by atoms with Crippen molar-refractivity contribution in [3.05, 3.63) is 11.7 Å². The third-order valence-corrected chi connectivity index (χ3v) is 3.01. The zero-order chi connectivity index (χ0) is 13.8. The number of thioether (sulfide) groups is 1. The quantitative estimate of drug-likeness (QED) is 0.900. The Labute approximate surface area is 108 Å². The molecule has 1 rings (SSSR count). The lowest BCUT2D eigenvalue weighted by Gasteiger charge is -2.15. The topological polar surface area (TPSA) is 51.0 Å². The molecule has 8 heteroatoms. The van der Waals surface area contributed by atoms with Crippen molar-refractivity contribution in [3.8, 4) is 0 Å². The van der Waals surface area contributed by atoms with E-state index in [1.54, 1.807) is 11.8 Å². The summed E-state index contributed by atoms with van der Waals surface area (Å²) >= 11 is 1.64. The molecule has 0 aliphatic heterocycles. The zero-order valence-electron chi connectivity index (χ0n) is 10.5. The molecule has 0 atom stereocenters. The fourth-order valence-electron chi connectivity index (χ4n) is 1.01. The van der Waals surface area contributed by atoms with Gasteiger partial charge in [-0.3, -0.25) is 0 Å². The summed E-state index contributed by atoms with van der Waals surface area (Å²) in [6, 6.07) is 0. The first kappa shape index (κ1) is 15.3. The number of halogens is 3. The van der Waals surface area contributed by atoms with Gasteiger partial charge in [0.2, 0.25) is 5.89 Å². The third kappa shape index (κ3) is 6.85. The lowest BCUT2D eigenvalue weighted by molar-refractivity contribution is -0.125. The van der Waals surface area contributed by atoms with Crippen LogP contribution >= 0.6 is 11.8 Å². The predicted octanol–water partition coefficient (Wildman–Crippen LogP) is 2.75. The number of aromatic nitrogens is 2. The van der Waals surface area contributed by atoms with Crippen LogP contribution < -0.4 is 5.32 Å². The molecule has 0 unspecified atom stereocenters. The molecule has 0 bridgehead atoms. The lowest BCUT2D eigenvalue weighted by atomic mass is 10.3. The maximum absolute atomic E-state index is 11.9. The summed E-state index contributed by atoms with van der Waals surface area (Å²) in [4.78, 5) is 4.00. The number of hydrogen-bond acceptors (Lipinski definition) is 5. The third-order valence-electron chi connectivity index (χ3n) is 1.75. The molecular formula is C10H16F3N3OS. The SMILES string of the molecule is CC(C)(C)SCc1noc(CNCC(F)(F)F)n1. The van der Waals surface area contributed by atoms with E-state index in [4.69, 9.17) is 4.52 Å². The maximum Gasteiger partial charge on any atom is 0.401 e. The van der Waals surface area contributed by atoms with Crippen molar-refractivity contribution in [3.63, 3.8) is 0 Å². The van der Waals surface area contributed by atoms with Gasteiger partial charge in [-0.25, -0.2) is 0 Å². The van der Waals surface area contributed by atoms with E-state index in [0.29, 0.717) is 11.6 Å². The van der Waals surface area contributed by atoms with Gasteiger partial charge in [-0.1, -0.05) is 25.9 Å². The van der Waals surface area contributed by atoms with Gasteiger partial charge in [0.15, 0.2) is 5.82 Å². The monoisotopic (exact) mass is 283 g/mol. The fourth-order valence-corrected chi connectivity index (χ4v) is 1.69. The average Bonchev–Trinajstić information content (AvgIpc) is 2.60. The second kappa shape index (κ2) is 5.92. The van der Waals surface area contributed by atoms with Gasteiger partial charge in [0, 0.05) is 4.75 Å². The van der Waals surface area contributed by atoms with E-state index >= 15 is 0 Å². The van der Waals surface area contributed by atoms with Crippen molar-refractivity contribution in [1.82, 2.24) is 15.5 Å². The summed E-state index contributed by atoms with van der Waals surface area (Å²) in [6.07, 6.45) is -4.23. The number of nitrogens with zero attached hydrogens (tertiary/aromatic N) is 2. The molecule has 0 radical (unpaired) electrons. The van der Waals surface area contributed by atoms with Gasteiger partial charge < -0.3 is 9.84 Å². The highest BCUT2D eigenvalue weighted by Crippen LogP contribution is 2.26. The largest absolute Gasteiger partial charge is 0.401 e. The van der Waals surface area contributed by atoms with Crippen molar-refractivity contribution in [2.45, 2.75) is 44.0 Å². The molecule has 1 aromatic heterocycles. The second-order valence-corrected chi connectivity index (χ2v) is 6.53. The van der Waals surface area contributed by atoms with E-state index in [2.05, 4.69) is 36.2 Å². The first-order chi connectivity index (χ1) is 8.16. The molecule has 0 spiro atoms. The van der Waals surface area contributed by atoms with Crippen LogP contribution in [-0.2, 0) is 12.3 Å². The van der Waals surface area contributed by atoms with Gasteiger partial charge in [-0.05, 0) is 0 Å². The number of nitrogens with one attached hydrogen (secondary N) is 1. The standard InChI is InChI=1S/C10H16F3N3OS/c1-9(2,3)18-5-7-15-8(17-16-7)4-14-6-10(11,12)13/h14H,4-6H2,1-3H3. The first-order valence-corrected chi connectivity index (χ1v) is 6.37. The molecule has 104 valence electrons. The lowest BCUT2D eigenvalue weighted by Crippen LogP contribution is -2.28. The van der Waals surface area contributed by atoms with Gasteiger partial charge in [0.05, 0.1) is 18.8 Å². The highest BCUT2D eigenvalue weighted by atomic mass is 32.2. The smallest absolute Gasteiger partial charge is 0.338 e. The summed E-state index contributed by atoms with van der Waals surface area (Å²) in [7, 11) is 0. The van der Waals surface area contributed by atoms with Gasteiger partial charge in [-0.15, -0.1) is 11.8 Å². The van der Waals surface area contributed by atoms with E-state index in [1.165, 1.54) is 0 Å². The van der Waals surface area contributed by atoms with E-state index in [-0.39, 0.29) is 17.2 Å². The number of alkyl halides is 3. The summed E-state index contributed by atoms with van der Waals surface area (Å²) in [5.74, 6) is 1.24. The first-order valence-electron chi connectivity index (χ1n) is 5.39. The maximum atomic E-state index is 11.9. The van der Waals surface area contributed by atoms with Gasteiger partial charge in [-0.2, -0.15) is 18.2 Å². The van der Waals surface area contributed by atoms with Gasteiger partial charge in [0.1, 0.15) is 0 Å². The van der Waals surface area contributed by atoms with Crippen LogP contribution in [0.15, 0.2) is 4.52 Å². The van der Waals surface area contributed by atoms with Crippen LogP contribution in [0.4, 0.5) is 13.2 Å².